The lowest BCUT2D eigenvalue weighted by Crippen LogP contribution is -2.48. The van der Waals surface area contributed by atoms with E-state index in [1.54, 1.807) is 0 Å². The summed E-state index contributed by atoms with van der Waals surface area (Å²) in [5.41, 5.74) is 22.3. The van der Waals surface area contributed by atoms with Crippen LogP contribution in [0.4, 0.5) is 0 Å². The van der Waals surface area contributed by atoms with Crippen LogP contribution in [0, 0.1) is 0 Å². The molecule has 218 valence electrons. The standard InChI is InChI=1S/C14H29N3O4.C6H14N2O2.CH4OS.CH4O/c15-6-11(19)7-17-10-3-9(16)4-13(5-10)21-14-2-1-12(8-18)20-14;7-2-4-1-6(9)5(8)3-10-4;1-2-3;1-2/h9-14,17-19H,1-8,15-16H2;4-6,9H,1-3,7-8H2;3H,1H3;2H,1H3/t;4-,5+,6?;;/m.1../s1. The lowest BCUT2D eigenvalue weighted by atomic mass is 9.89. The fourth-order valence-electron chi connectivity index (χ4n) is 4.13. The molecule has 2 saturated heterocycles. The molecule has 0 aromatic carbocycles. The van der Waals surface area contributed by atoms with Crippen LogP contribution < -0.4 is 28.3 Å². The van der Waals surface area contributed by atoms with Gasteiger partial charge < -0.3 is 67.1 Å². The summed E-state index contributed by atoms with van der Waals surface area (Å²) in [6, 6.07) is 0.0871. The van der Waals surface area contributed by atoms with Crippen LogP contribution in [0.1, 0.15) is 38.5 Å². The van der Waals surface area contributed by atoms with E-state index >= 15 is 0 Å². The van der Waals surface area contributed by atoms with Gasteiger partial charge in [-0.2, -0.15) is 0 Å². The van der Waals surface area contributed by atoms with Crippen molar-refractivity contribution in [2.45, 2.75) is 93.5 Å². The molecule has 2 heterocycles. The van der Waals surface area contributed by atoms with Gasteiger partial charge in [0.1, 0.15) is 0 Å². The van der Waals surface area contributed by atoms with Crippen molar-refractivity contribution in [2.75, 3.05) is 47.1 Å². The van der Waals surface area contributed by atoms with Gasteiger partial charge in [0.05, 0.1) is 49.8 Å². The topological polar surface area (TPSA) is 234 Å². The van der Waals surface area contributed by atoms with Crippen molar-refractivity contribution in [3.05, 3.63) is 0 Å². The van der Waals surface area contributed by atoms with Crippen molar-refractivity contribution in [1.82, 2.24) is 5.32 Å². The van der Waals surface area contributed by atoms with E-state index < -0.39 is 12.2 Å². The first kappa shape index (κ1) is 35.8. The molecule has 0 aromatic rings. The molecule has 3 aliphatic rings. The number of aliphatic hydroxyl groups excluding tert-OH is 4. The molecule has 13 nitrogen and oxygen atoms in total. The molecule has 0 aromatic heterocycles. The Labute approximate surface area is 220 Å². The minimum absolute atomic E-state index is 0.00481. The third kappa shape index (κ3) is 15.3. The predicted octanol–water partition coefficient (Wildman–Crippen LogP) is -2.83. The van der Waals surface area contributed by atoms with Crippen LogP contribution in [0.15, 0.2) is 0 Å². The second kappa shape index (κ2) is 21.7. The normalized spacial score (nSPS) is 34.8. The van der Waals surface area contributed by atoms with Gasteiger partial charge in [-0.25, -0.2) is 0 Å². The van der Waals surface area contributed by atoms with E-state index in [1.165, 1.54) is 7.11 Å². The molecular weight excluding hydrogens is 494 g/mol. The highest BCUT2D eigenvalue weighted by Gasteiger charge is 2.32. The van der Waals surface area contributed by atoms with Gasteiger partial charge in [0.2, 0.25) is 0 Å². The van der Waals surface area contributed by atoms with E-state index in [9.17, 15) is 10.2 Å². The molecule has 3 rings (SSSR count). The maximum absolute atomic E-state index is 9.51. The van der Waals surface area contributed by atoms with Crippen LogP contribution >= 0.6 is 12.9 Å². The van der Waals surface area contributed by atoms with Crippen LogP contribution in [0.5, 0.6) is 0 Å². The van der Waals surface area contributed by atoms with Gasteiger partial charge in [0.15, 0.2) is 6.29 Å². The van der Waals surface area contributed by atoms with Gasteiger partial charge in [-0.15, -0.1) is 0 Å². The molecule has 1 aliphatic carbocycles. The van der Waals surface area contributed by atoms with Crippen LogP contribution in [0.2, 0.25) is 0 Å². The third-order valence-corrected chi connectivity index (χ3v) is 6.02. The number of aliphatic hydroxyl groups is 4. The number of nitrogens with one attached hydrogen (secondary N) is 1. The number of ether oxygens (including phenoxy) is 3. The fraction of sp³-hybridized carbons (Fsp3) is 1.00. The molecule has 3 fully saturated rings. The van der Waals surface area contributed by atoms with E-state index in [2.05, 4.69) is 22.4 Å². The Bertz CT molecular complexity index is 519. The Balaban J connectivity index is 0.000000679. The third-order valence-electron chi connectivity index (χ3n) is 6.02. The fourth-order valence-corrected chi connectivity index (χ4v) is 4.13. The van der Waals surface area contributed by atoms with E-state index in [4.69, 9.17) is 47.4 Å². The summed E-state index contributed by atoms with van der Waals surface area (Å²) in [4.78, 5) is 0. The summed E-state index contributed by atoms with van der Waals surface area (Å²) in [7, 11) is 2.49. The highest BCUT2D eigenvalue weighted by molar-refractivity contribution is 7.75. The van der Waals surface area contributed by atoms with Crippen LogP contribution in [0.25, 0.3) is 0 Å². The zero-order chi connectivity index (χ0) is 27.5. The van der Waals surface area contributed by atoms with Crippen molar-refractivity contribution < 1.29 is 38.8 Å². The van der Waals surface area contributed by atoms with Gasteiger partial charge in [0, 0.05) is 58.8 Å². The smallest absolute Gasteiger partial charge is 0.158 e. The van der Waals surface area contributed by atoms with Crippen molar-refractivity contribution in [3.8, 4) is 0 Å². The second-order valence-corrected chi connectivity index (χ2v) is 9.37. The maximum atomic E-state index is 9.51. The lowest BCUT2D eigenvalue weighted by molar-refractivity contribution is -0.175. The summed E-state index contributed by atoms with van der Waals surface area (Å²) in [5.74, 6) is 0. The van der Waals surface area contributed by atoms with Gasteiger partial charge in [-0.1, -0.05) is 0 Å². The first-order chi connectivity index (χ1) is 17.3. The molecule has 13 N–H and O–H groups in total. The van der Waals surface area contributed by atoms with E-state index in [1.807, 2.05) is 0 Å². The first-order valence-electron chi connectivity index (χ1n) is 12.4. The molecule has 0 spiro atoms. The van der Waals surface area contributed by atoms with Crippen molar-refractivity contribution >= 4 is 12.9 Å². The molecule has 36 heavy (non-hydrogen) atoms. The molecule has 14 heteroatoms. The zero-order valence-corrected chi connectivity index (χ0v) is 22.5. The quantitative estimate of drug-likeness (QED) is 0.109. The minimum atomic E-state index is -0.522. The number of thiol groups is 1. The summed E-state index contributed by atoms with van der Waals surface area (Å²) >= 11 is 3.29. The maximum Gasteiger partial charge on any atom is 0.158 e. The largest absolute Gasteiger partial charge is 0.400 e. The van der Waals surface area contributed by atoms with E-state index in [-0.39, 0.29) is 55.9 Å². The molecule has 1 saturated carbocycles. The Morgan fingerprint density at radius 1 is 1.08 bits per heavy atom. The average molecular weight is 546 g/mol. The number of hydrogen-bond acceptors (Lipinski definition) is 14. The van der Waals surface area contributed by atoms with Gasteiger partial charge in [-0.05, 0) is 38.6 Å². The van der Waals surface area contributed by atoms with Crippen molar-refractivity contribution in [2.24, 2.45) is 22.9 Å². The molecule has 9 atom stereocenters. The number of nitrogens with two attached hydrogens (primary N) is 4. The SMILES string of the molecule is CO.COS.NCC(O)CNC1CC(N)CC(OC2CCC(CO)O2)C1.NC[C@H]1CC(O)[C@@H](N)CO1. The van der Waals surface area contributed by atoms with Crippen molar-refractivity contribution in [1.29, 1.82) is 0 Å². The Morgan fingerprint density at radius 2 is 1.75 bits per heavy atom. The molecule has 2 aliphatic heterocycles. The Kier molecular flexibility index (Phi) is 21.6. The highest BCUT2D eigenvalue weighted by atomic mass is 32.1. The highest BCUT2D eigenvalue weighted by Crippen LogP contribution is 2.27. The molecule has 0 amide bonds. The second-order valence-electron chi connectivity index (χ2n) is 9.01. The molecular formula is C22H51N5O8S. The molecule has 0 radical (unpaired) electrons. The van der Waals surface area contributed by atoms with Gasteiger partial charge >= 0.3 is 0 Å². The summed E-state index contributed by atoms with van der Waals surface area (Å²) in [6.07, 6.45) is 3.54. The van der Waals surface area contributed by atoms with E-state index in [0.717, 1.165) is 39.2 Å². The molecule has 0 bridgehead atoms. The first-order valence-corrected chi connectivity index (χ1v) is 12.8. The Hall–Kier alpha value is -0.170. The van der Waals surface area contributed by atoms with Crippen LogP contribution in [-0.2, 0) is 18.4 Å². The van der Waals surface area contributed by atoms with Crippen LogP contribution in [-0.4, -0.2) is 122 Å². The van der Waals surface area contributed by atoms with Gasteiger partial charge in [-0.3, -0.25) is 0 Å². The zero-order valence-electron chi connectivity index (χ0n) is 21.7. The molecule has 7 unspecified atom stereocenters. The number of hydrogen-bond donors (Lipinski definition) is 10. The lowest BCUT2D eigenvalue weighted by Gasteiger charge is -2.35. The number of rotatable bonds is 8. The average Bonchev–Trinajstić information content (AvgIpc) is 3.33. The Morgan fingerprint density at radius 3 is 2.28 bits per heavy atom. The minimum Gasteiger partial charge on any atom is -0.400 e. The monoisotopic (exact) mass is 545 g/mol. The van der Waals surface area contributed by atoms with Gasteiger partial charge in [0.25, 0.3) is 0 Å². The summed E-state index contributed by atoms with van der Waals surface area (Å²) < 4.78 is 20.7. The van der Waals surface area contributed by atoms with Crippen LogP contribution in [0.3, 0.4) is 0 Å². The predicted molar refractivity (Wildman–Crippen MR) is 140 cm³/mol. The van der Waals surface area contributed by atoms with Crippen molar-refractivity contribution in [3.63, 3.8) is 0 Å². The summed E-state index contributed by atoms with van der Waals surface area (Å²) in [6.45, 7) is 1.66. The van der Waals surface area contributed by atoms with E-state index in [0.29, 0.717) is 26.1 Å². The summed E-state index contributed by atoms with van der Waals surface area (Å²) in [5, 5.41) is 38.1.